The Kier molecular flexibility index (Phi) is 3.27. The first-order valence-electron chi connectivity index (χ1n) is 7.43. The molecule has 1 N–H and O–H groups in total. The lowest BCUT2D eigenvalue weighted by Gasteiger charge is -2.31. The maximum Gasteiger partial charge on any atom is 0.211 e. The second kappa shape index (κ2) is 5.20. The highest BCUT2D eigenvalue weighted by atomic mass is 32.2. The van der Waals surface area contributed by atoms with Gasteiger partial charge in [0, 0.05) is 36.3 Å². The number of nitrogens with zero attached hydrogens (tertiary/aromatic N) is 5. The van der Waals surface area contributed by atoms with Crippen molar-refractivity contribution >= 4 is 32.1 Å². The summed E-state index contributed by atoms with van der Waals surface area (Å²) in [6.45, 7) is 1.04. The Morgan fingerprint density at radius 1 is 1.26 bits per heavy atom. The molecule has 3 aromatic heterocycles. The number of sulfonamides is 1. The number of nitrogens with one attached hydrogen (secondary N) is 1. The number of piperidine rings is 1. The molecule has 9 heteroatoms. The highest BCUT2D eigenvalue weighted by molar-refractivity contribution is 7.88. The van der Waals surface area contributed by atoms with Crippen LogP contribution in [0.4, 0.5) is 0 Å². The van der Waals surface area contributed by atoms with E-state index in [-0.39, 0.29) is 5.92 Å². The van der Waals surface area contributed by atoms with E-state index in [0.29, 0.717) is 24.4 Å². The van der Waals surface area contributed by atoms with E-state index >= 15 is 0 Å². The Bertz CT molecular complexity index is 983. The normalized spacial score (nSPS) is 20.3. The van der Waals surface area contributed by atoms with Crippen molar-refractivity contribution < 1.29 is 8.42 Å². The Labute approximate surface area is 133 Å². The average molecular weight is 332 g/mol. The van der Waals surface area contributed by atoms with E-state index in [1.807, 2.05) is 6.07 Å². The Morgan fingerprint density at radius 2 is 2.09 bits per heavy atom. The van der Waals surface area contributed by atoms with Crippen LogP contribution >= 0.6 is 0 Å². The first-order chi connectivity index (χ1) is 11.0. The van der Waals surface area contributed by atoms with Crippen molar-refractivity contribution in [2.75, 3.05) is 19.3 Å². The van der Waals surface area contributed by atoms with E-state index < -0.39 is 10.0 Å². The van der Waals surface area contributed by atoms with Crippen LogP contribution in [-0.4, -0.2) is 57.2 Å². The van der Waals surface area contributed by atoms with Gasteiger partial charge in [-0.2, -0.15) is 0 Å². The maximum atomic E-state index is 11.9. The van der Waals surface area contributed by atoms with E-state index in [4.69, 9.17) is 0 Å². The molecule has 1 unspecified atom stereocenters. The van der Waals surface area contributed by atoms with Gasteiger partial charge in [0.25, 0.3) is 0 Å². The molecule has 0 amide bonds. The van der Waals surface area contributed by atoms with Gasteiger partial charge in [-0.3, -0.25) is 0 Å². The molecule has 0 aromatic carbocycles. The second-order valence-corrected chi connectivity index (χ2v) is 7.84. The number of rotatable bonds is 2. The number of hydrogen-bond acceptors (Lipinski definition) is 6. The van der Waals surface area contributed by atoms with Crippen LogP contribution < -0.4 is 0 Å². The van der Waals surface area contributed by atoms with Gasteiger partial charge >= 0.3 is 0 Å². The first-order valence-corrected chi connectivity index (χ1v) is 9.28. The van der Waals surface area contributed by atoms with Crippen LogP contribution in [0.5, 0.6) is 0 Å². The summed E-state index contributed by atoms with van der Waals surface area (Å²) in [5, 5.41) is 9.97. The fourth-order valence-corrected chi connectivity index (χ4v) is 4.17. The number of fused-ring (bicyclic) bond motifs is 3. The molecular weight excluding hydrogens is 316 g/mol. The summed E-state index contributed by atoms with van der Waals surface area (Å²) in [5.41, 5.74) is 2.09. The molecule has 0 saturated carbocycles. The van der Waals surface area contributed by atoms with Gasteiger partial charge < -0.3 is 4.98 Å². The average Bonchev–Trinajstić information content (AvgIpc) is 3.02. The van der Waals surface area contributed by atoms with Crippen LogP contribution in [0.3, 0.4) is 0 Å². The fraction of sp³-hybridized carbons (Fsp3) is 0.429. The van der Waals surface area contributed by atoms with E-state index in [1.54, 1.807) is 12.5 Å². The molecule has 1 fully saturated rings. The molecule has 0 bridgehead atoms. The minimum absolute atomic E-state index is 0.0753. The molecule has 4 rings (SSSR count). The van der Waals surface area contributed by atoms with Gasteiger partial charge in [-0.1, -0.05) is 0 Å². The quantitative estimate of drug-likeness (QED) is 0.752. The van der Waals surface area contributed by atoms with Crippen molar-refractivity contribution in [3.63, 3.8) is 0 Å². The fourth-order valence-electron chi connectivity index (χ4n) is 3.26. The van der Waals surface area contributed by atoms with Gasteiger partial charge in [0.1, 0.15) is 0 Å². The van der Waals surface area contributed by atoms with Crippen molar-refractivity contribution in [2.45, 2.75) is 18.8 Å². The lowest BCUT2D eigenvalue weighted by Crippen LogP contribution is -2.38. The number of aromatic nitrogens is 5. The van der Waals surface area contributed by atoms with Crippen LogP contribution in [-0.2, 0) is 10.0 Å². The molecule has 3 aromatic rings. The highest BCUT2D eigenvalue weighted by Gasteiger charge is 2.29. The molecule has 4 heterocycles. The van der Waals surface area contributed by atoms with Crippen molar-refractivity contribution in [3.8, 4) is 0 Å². The Morgan fingerprint density at radius 3 is 2.91 bits per heavy atom. The first kappa shape index (κ1) is 14.5. The van der Waals surface area contributed by atoms with Gasteiger partial charge in [0.2, 0.25) is 10.0 Å². The molecule has 8 nitrogen and oxygen atoms in total. The topological polar surface area (TPSA) is 105 Å². The summed E-state index contributed by atoms with van der Waals surface area (Å²) in [6.07, 6.45) is 6.29. The standard InChI is InChI=1S/C14H16N6O2S/c1-23(21,22)20-6-2-3-9(7-20)12-11-10-4-5-15-13(10)18-19-14(11)17-8-16-12/h4-5,8-9H,2-3,6-7H2,1H3,(H,16,17,19). The van der Waals surface area contributed by atoms with Gasteiger partial charge in [-0.25, -0.2) is 22.7 Å². The zero-order valence-corrected chi connectivity index (χ0v) is 13.4. The largest absolute Gasteiger partial charge is 0.349 e. The second-order valence-electron chi connectivity index (χ2n) is 5.86. The third kappa shape index (κ3) is 2.45. The van der Waals surface area contributed by atoms with Gasteiger partial charge in [0.05, 0.1) is 18.0 Å². The van der Waals surface area contributed by atoms with Crippen molar-refractivity contribution in [1.82, 2.24) is 29.5 Å². The summed E-state index contributed by atoms with van der Waals surface area (Å²) in [5.74, 6) is 0.0753. The minimum Gasteiger partial charge on any atom is -0.349 e. The minimum atomic E-state index is -3.19. The molecule has 0 aliphatic carbocycles. The van der Waals surface area contributed by atoms with Gasteiger partial charge in [-0.15, -0.1) is 10.2 Å². The zero-order valence-electron chi connectivity index (χ0n) is 12.6. The van der Waals surface area contributed by atoms with Crippen LogP contribution in [0.1, 0.15) is 24.5 Å². The van der Waals surface area contributed by atoms with Crippen LogP contribution in [0.15, 0.2) is 18.6 Å². The third-order valence-corrected chi connectivity index (χ3v) is 5.62. The van der Waals surface area contributed by atoms with Gasteiger partial charge in [0.15, 0.2) is 11.3 Å². The number of hydrogen-bond donors (Lipinski definition) is 1. The highest BCUT2D eigenvalue weighted by Crippen LogP contribution is 2.32. The van der Waals surface area contributed by atoms with Crippen molar-refractivity contribution in [3.05, 3.63) is 24.3 Å². The smallest absolute Gasteiger partial charge is 0.211 e. The van der Waals surface area contributed by atoms with E-state index in [0.717, 1.165) is 29.3 Å². The summed E-state index contributed by atoms with van der Waals surface area (Å²) < 4.78 is 25.3. The Hall–Kier alpha value is -2.13. The number of aromatic amines is 1. The lowest BCUT2D eigenvalue weighted by atomic mass is 9.93. The molecule has 0 radical (unpaired) electrons. The molecular formula is C14H16N6O2S. The summed E-state index contributed by atoms with van der Waals surface area (Å²) in [7, 11) is -3.19. The lowest BCUT2D eigenvalue weighted by molar-refractivity contribution is 0.315. The molecule has 1 aliphatic heterocycles. The summed E-state index contributed by atoms with van der Waals surface area (Å²) in [4.78, 5) is 11.6. The molecule has 1 atom stereocenters. The predicted octanol–water partition coefficient (Wildman–Crippen LogP) is 1.04. The third-order valence-electron chi connectivity index (χ3n) is 4.35. The molecule has 120 valence electrons. The van der Waals surface area contributed by atoms with Crippen LogP contribution in [0.2, 0.25) is 0 Å². The maximum absolute atomic E-state index is 11.9. The predicted molar refractivity (Wildman–Crippen MR) is 85.4 cm³/mol. The summed E-state index contributed by atoms with van der Waals surface area (Å²) in [6, 6.07) is 1.89. The Balaban J connectivity index is 1.86. The summed E-state index contributed by atoms with van der Waals surface area (Å²) >= 11 is 0. The number of H-pyrrole nitrogens is 1. The zero-order chi connectivity index (χ0) is 16.0. The van der Waals surface area contributed by atoms with Crippen LogP contribution in [0.25, 0.3) is 22.1 Å². The monoisotopic (exact) mass is 332 g/mol. The van der Waals surface area contributed by atoms with E-state index in [2.05, 4.69) is 25.1 Å². The SMILES string of the molecule is CS(=O)(=O)N1CCCC(c2[nH]cnc3nnc4nccc4c23)C1. The van der Waals surface area contributed by atoms with Gasteiger partial charge in [-0.05, 0) is 18.9 Å². The van der Waals surface area contributed by atoms with Crippen molar-refractivity contribution in [1.29, 1.82) is 0 Å². The molecule has 0 spiro atoms. The van der Waals surface area contributed by atoms with E-state index in [1.165, 1.54) is 10.6 Å². The molecule has 23 heavy (non-hydrogen) atoms. The molecule has 1 aliphatic rings. The van der Waals surface area contributed by atoms with Crippen LogP contribution in [0, 0.1) is 0 Å². The molecule has 1 saturated heterocycles. The van der Waals surface area contributed by atoms with Crippen molar-refractivity contribution in [2.24, 2.45) is 0 Å². The van der Waals surface area contributed by atoms with E-state index in [9.17, 15) is 8.42 Å².